The lowest BCUT2D eigenvalue weighted by molar-refractivity contribution is -0.128. The van der Waals surface area contributed by atoms with Crippen LogP contribution in [-0.2, 0) is 16.0 Å². The molecule has 0 saturated carbocycles. The van der Waals surface area contributed by atoms with Crippen molar-refractivity contribution in [2.45, 2.75) is 37.8 Å². The molecule has 34 heavy (non-hydrogen) atoms. The summed E-state index contributed by atoms with van der Waals surface area (Å²) in [5, 5.41) is 12.0. The van der Waals surface area contributed by atoms with Gasteiger partial charge in [0.25, 0.3) is 5.91 Å². The van der Waals surface area contributed by atoms with Crippen LogP contribution in [0.5, 0.6) is 5.75 Å². The standard InChI is InChI=1S/C26H34BrN3O4/c1-19-26(18-21-8-4-5-9-23(21)27,25(32)28-14-6-15-30(2)3)29-24(34-19)20-10-12-22(13-11-20)33-17-7-16-31/h4-5,8-13,19,31H,6-7,14-18H2,1-3H3,(H,28,32)/t19-,26-/m1/s1. The van der Waals surface area contributed by atoms with Crippen molar-refractivity contribution < 1.29 is 19.4 Å². The molecule has 2 N–H and O–H groups in total. The Morgan fingerprint density at radius 1 is 1.21 bits per heavy atom. The molecule has 7 nitrogen and oxygen atoms in total. The molecule has 2 aromatic carbocycles. The van der Waals surface area contributed by atoms with Crippen LogP contribution in [0, 0.1) is 0 Å². The Balaban J connectivity index is 1.85. The predicted octanol–water partition coefficient (Wildman–Crippen LogP) is 3.43. The molecular formula is C26H34BrN3O4. The van der Waals surface area contributed by atoms with E-state index >= 15 is 0 Å². The Morgan fingerprint density at radius 2 is 1.94 bits per heavy atom. The third kappa shape index (κ3) is 6.58. The van der Waals surface area contributed by atoms with Gasteiger partial charge in [0.05, 0.1) is 6.61 Å². The number of aliphatic hydroxyl groups is 1. The number of hydrogen-bond acceptors (Lipinski definition) is 6. The van der Waals surface area contributed by atoms with E-state index in [9.17, 15) is 4.79 Å². The number of aliphatic imine (C=N–C) groups is 1. The van der Waals surface area contributed by atoms with E-state index in [4.69, 9.17) is 19.6 Å². The second-order valence-corrected chi connectivity index (χ2v) is 9.59. The maximum atomic E-state index is 13.5. The molecule has 2 atom stereocenters. The molecule has 0 bridgehead atoms. The fourth-order valence-electron chi connectivity index (χ4n) is 3.83. The van der Waals surface area contributed by atoms with E-state index in [1.165, 1.54) is 0 Å². The number of rotatable bonds is 12. The Morgan fingerprint density at radius 3 is 2.62 bits per heavy atom. The lowest BCUT2D eigenvalue weighted by Gasteiger charge is -2.28. The molecule has 1 amide bonds. The third-order valence-corrected chi connectivity index (χ3v) is 6.59. The second kappa shape index (κ2) is 12.3. The topological polar surface area (TPSA) is 83.4 Å². The molecule has 0 aromatic heterocycles. The minimum absolute atomic E-state index is 0.0947. The maximum Gasteiger partial charge on any atom is 0.252 e. The van der Waals surface area contributed by atoms with Crippen molar-refractivity contribution in [2.75, 3.05) is 40.4 Å². The summed E-state index contributed by atoms with van der Waals surface area (Å²) in [7, 11) is 4.03. The minimum atomic E-state index is -1.08. The van der Waals surface area contributed by atoms with E-state index in [1.54, 1.807) is 0 Å². The number of benzene rings is 2. The monoisotopic (exact) mass is 531 g/mol. The van der Waals surface area contributed by atoms with Gasteiger partial charge in [-0.15, -0.1) is 0 Å². The van der Waals surface area contributed by atoms with Crippen LogP contribution in [0.1, 0.15) is 30.9 Å². The van der Waals surface area contributed by atoms with Gasteiger partial charge >= 0.3 is 0 Å². The van der Waals surface area contributed by atoms with Gasteiger partial charge in [-0.2, -0.15) is 0 Å². The van der Waals surface area contributed by atoms with Gasteiger partial charge < -0.3 is 24.8 Å². The number of nitrogens with zero attached hydrogens (tertiary/aromatic N) is 2. The predicted molar refractivity (Wildman–Crippen MR) is 137 cm³/mol. The van der Waals surface area contributed by atoms with Crippen molar-refractivity contribution >= 4 is 27.7 Å². The van der Waals surface area contributed by atoms with Crippen molar-refractivity contribution in [2.24, 2.45) is 4.99 Å². The normalized spacial score (nSPS) is 19.6. The lowest BCUT2D eigenvalue weighted by atomic mass is 9.86. The summed E-state index contributed by atoms with van der Waals surface area (Å²) >= 11 is 3.61. The molecule has 0 unspecified atom stereocenters. The van der Waals surface area contributed by atoms with E-state index in [0.29, 0.717) is 37.6 Å². The van der Waals surface area contributed by atoms with Gasteiger partial charge in [0, 0.05) is 36.0 Å². The molecule has 0 fully saturated rings. The summed E-state index contributed by atoms with van der Waals surface area (Å²) in [5.74, 6) is 1.03. The van der Waals surface area contributed by atoms with Gasteiger partial charge in [0.1, 0.15) is 11.9 Å². The van der Waals surface area contributed by atoms with Gasteiger partial charge in [-0.1, -0.05) is 34.1 Å². The Hall–Kier alpha value is -2.42. The van der Waals surface area contributed by atoms with E-state index < -0.39 is 11.6 Å². The number of amides is 1. The van der Waals surface area contributed by atoms with Crippen LogP contribution in [0.3, 0.4) is 0 Å². The average Bonchev–Trinajstić information content (AvgIpc) is 3.15. The SMILES string of the molecule is C[C@H]1OC(c2ccc(OCCCO)cc2)=N[C@@]1(Cc1ccccc1Br)C(=O)NCCCN(C)C. The van der Waals surface area contributed by atoms with Crippen LogP contribution in [0.25, 0.3) is 0 Å². The van der Waals surface area contributed by atoms with Crippen molar-refractivity contribution in [1.82, 2.24) is 10.2 Å². The highest BCUT2D eigenvalue weighted by atomic mass is 79.9. The number of nitrogens with one attached hydrogen (secondary N) is 1. The highest BCUT2D eigenvalue weighted by Crippen LogP contribution is 2.34. The first kappa shape index (κ1) is 26.2. The smallest absolute Gasteiger partial charge is 0.252 e. The quantitative estimate of drug-likeness (QED) is 0.410. The molecule has 8 heteroatoms. The van der Waals surface area contributed by atoms with Crippen molar-refractivity contribution in [3.8, 4) is 5.75 Å². The number of hydrogen-bond donors (Lipinski definition) is 2. The zero-order chi connectivity index (χ0) is 24.6. The molecule has 184 valence electrons. The fourth-order valence-corrected chi connectivity index (χ4v) is 4.25. The number of ether oxygens (including phenoxy) is 2. The summed E-state index contributed by atoms with van der Waals surface area (Å²) in [5.41, 5.74) is 0.711. The van der Waals surface area contributed by atoms with E-state index in [1.807, 2.05) is 69.6 Å². The summed E-state index contributed by atoms with van der Waals surface area (Å²) in [6.45, 7) is 3.92. The molecule has 1 aliphatic rings. The molecular weight excluding hydrogens is 498 g/mol. The number of aliphatic hydroxyl groups excluding tert-OH is 1. The van der Waals surface area contributed by atoms with E-state index in [0.717, 1.165) is 28.6 Å². The zero-order valence-corrected chi connectivity index (χ0v) is 21.7. The zero-order valence-electron chi connectivity index (χ0n) is 20.1. The van der Waals surface area contributed by atoms with Crippen LogP contribution < -0.4 is 10.1 Å². The molecule has 3 rings (SSSR count). The fraction of sp³-hybridized carbons (Fsp3) is 0.462. The molecule has 0 saturated heterocycles. The summed E-state index contributed by atoms with van der Waals surface area (Å²) in [4.78, 5) is 20.5. The van der Waals surface area contributed by atoms with Gasteiger partial charge in [-0.25, -0.2) is 4.99 Å². The Kier molecular flexibility index (Phi) is 9.50. The third-order valence-electron chi connectivity index (χ3n) is 5.81. The van der Waals surface area contributed by atoms with Crippen LogP contribution in [0.2, 0.25) is 0 Å². The lowest BCUT2D eigenvalue weighted by Crippen LogP contribution is -2.52. The molecule has 0 aliphatic carbocycles. The van der Waals surface area contributed by atoms with E-state index in [2.05, 4.69) is 26.1 Å². The van der Waals surface area contributed by atoms with E-state index in [-0.39, 0.29) is 12.5 Å². The molecule has 0 radical (unpaired) electrons. The average molecular weight is 532 g/mol. The van der Waals surface area contributed by atoms with Gasteiger partial charge in [-0.3, -0.25) is 4.79 Å². The molecule has 0 spiro atoms. The summed E-state index contributed by atoms with van der Waals surface area (Å²) < 4.78 is 12.7. The van der Waals surface area contributed by atoms with Crippen molar-refractivity contribution in [1.29, 1.82) is 0 Å². The second-order valence-electron chi connectivity index (χ2n) is 8.73. The first-order valence-corrected chi connectivity index (χ1v) is 12.4. The minimum Gasteiger partial charge on any atom is -0.494 e. The highest BCUT2D eigenvalue weighted by molar-refractivity contribution is 9.10. The Bertz CT molecular complexity index is 980. The first-order chi connectivity index (χ1) is 16.4. The van der Waals surface area contributed by atoms with Gasteiger partial charge in [-0.05, 0) is 69.9 Å². The molecule has 1 aliphatic heterocycles. The van der Waals surface area contributed by atoms with Crippen molar-refractivity contribution in [3.63, 3.8) is 0 Å². The van der Waals surface area contributed by atoms with Crippen LogP contribution in [-0.4, -0.2) is 73.9 Å². The maximum absolute atomic E-state index is 13.5. The van der Waals surface area contributed by atoms with Crippen LogP contribution in [0.4, 0.5) is 0 Å². The van der Waals surface area contributed by atoms with Crippen LogP contribution >= 0.6 is 15.9 Å². The summed E-state index contributed by atoms with van der Waals surface area (Å²) in [6.07, 6.45) is 1.41. The summed E-state index contributed by atoms with van der Waals surface area (Å²) in [6, 6.07) is 15.3. The van der Waals surface area contributed by atoms with Crippen molar-refractivity contribution in [3.05, 3.63) is 64.1 Å². The van der Waals surface area contributed by atoms with Crippen LogP contribution in [0.15, 0.2) is 58.0 Å². The number of carbonyl (C=O) groups excluding carboxylic acids is 1. The molecule has 2 aromatic rings. The number of halogens is 1. The Labute approximate surface area is 210 Å². The first-order valence-electron chi connectivity index (χ1n) is 11.6. The molecule has 1 heterocycles. The van der Waals surface area contributed by atoms with Gasteiger partial charge in [0.2, 0.25) is 5.90 Å². The largest absolute Gasteiger partial charge is 0.494 e. The van der Waals surface area contributed by atoms with Gasteiger partial charge in [0.15, 0.2) is 5.54 Å². The number of carbonyl (C=O) groups is 1. The highest BCUT2D eigenvalue weighted by Gasteiger charge is 2.50.